The lowest BCUT2D eigenvalue weighted by Crippen LogP contribution is -2.37. The highest BCUT2D eigenvalue weighted by Crippen LogP contribution is 2.53. The number of hydrogen-bond donors (Lipinski definition) is 0. The van der Waals surface area contributed by atoms with Crippen LogP contribution in [0.4, 0.5) is 0 Å². The Kier molecular flexibility index (Phi) is 9.26. The summed E-state index contributed by atoms with van der Waals surface area (Å²) in [4.78, 5) is 39.6. The van der Waals surface area contributed by atoms with Crippen molar-refractivity contribution in [1.29, 1.82) is 0 Å². The van der Waals surface area contributed by atoms with Gasteiger partial charge < -0.3 is 14.2 Å². The van der Waals surface area contributed by atoms with E-state index in [0.717, 1.165) is 24.8 Å². The highest BCUT2D eigenvalue weighted by molar-refractivity contribution is 6.06. The van der Waals surface area contributed by atoms with E-state index >= 15 is 0 Å². The first kappa shape index (κ1) is 30.1. The van der Waals surface area contributed by atoms with Gasteiger partial charge in [0.1, 0.15) is 11.5 Å². The maximum atomic E-state index is 13.5. The second-order valence-corrected chi connectivity index (χ2v) is 13.3. The third-order valence-electron chi connectivity index (χ3n) is 8.31. The van der Waals surface area contributed by atoms with E-state index in [2.05, 4.69) is 34.6 Å². The number of ketones is 2. The van der Waals surface area contributed by atoms with Crippen LogP contribution in [-0.2, 0) is 19.1 Å². The van der Waals surface area contributed by atoms with Crippen LogP contribution < -0.4 is 9.47 Å². The van der Waals surface area contributed by atoms with E-state index in [1.54, 1.807) is 6.07 Å². The lowest BCUT2D eigenvalue weighted by atomic mass is 9.65. The number of Topliss-reactive ketones (excluding diaryl/α,β-unsaturated/α-hetero) is 2. The summed E-state index contributed by atoms with van der Waals surface area (Å²) < 4.78 is 17.7. The lowest BCUT2D eigenvalue weighted by molar-refractivity contribution is -0.134. The van der Waals surface area contributed by atoms with Crippen LogP contribution in [0.1, 0.15) is 123 Å². The molecule has 218 valence electrons. The molecule has 0 spiro atoms. The summed E-state index contributed by atoms with van der Waals surface area (Å²) in [6, 6.07) is 5.38. The van der Waals surface area contributed by atoms with Crippen molar-refractivity contribution >= 4 is 17.5 Å². The first-order chi connectivity index (χ1) is 18.9. The number of benzene rings is 1. The van der Waals surface area contributed by atoms with Crippen molar-refractivity contribution in [3.63, 3.8) is 0 Å². The molecule has 0 unspecified atom stereocenters. The topological polar surface area (TPSA) is 78.9 Å². The zero-order chi connectivity index (χ0) is 29.1. The quantitative estimate of drug-likeness (QED) is 0.157. The van der Waals surface area contributed by atoms with Gasteiger partial charge in [0, 0.05) is 49.2 Å². The van der Waals surface area contributed by atoms with Crippen molar-refractivity contribution in [3.05, 3.63) is 46.4 Å². The molecule has 6 nitrogen and oxygen atoms in total. The Balaban J connectivity index is 1.58. The fourth-order valence-electron chi connectivity index (χ4n) is 6.36. The van der Waals surface area contributed by atoms with Crippen LogP contribution in [0, 0.1) is 10.8 Å². The molecule has 1 aromatic carbocycles. The molecule has 6 heteroatoms. The van der Waals surface area contributed by atoms with E-state index in [4.69, 9.17) is 14.2 Å². The maximum Gasteiger partial charge on any atom is 0.311 e. The Morgan fingerprint density at radius 3 is 1.93 bits per heavy atom. The van der Waals surface area contributed by atoms with Crippen LogP contribution in [0.15, 0.2) is 40.9 Å². The number of carbonyl (C=O) groups excluding carboxylic acids is 3. The second-order valence-electron chi connectivity index (χ2n) is 13.3. The van der Waals surface area contributed by atoms with Crippen molar-refractivity contribution in [2.75, 3.05) is 7.11 Å². The van der Waals surface area contributed by atoms with E-state index in [1.807, 2.05) is 12.1 Å². The van der Waals surface area contributed by atoms with Crippen molar-refractivity contribution in [2.24, 2.45) is 10.8 Å². The molecule has 2 aliphatic carbocycles. The number of allylic oxidation sites excluding steroid dienone is 4. The first-order valence-electron chi connectivity index (χ1n) is 15.0. The highest BCUT2D eigenvalue weighted by atomic mass is 16.6. The molecule has 0 aromatic heterocycles. The summed E-state index contributed by atoms with van der Waals surface area (Å²) in [7, 11) is 1.54. The van der Waals surface area contributed by atoms with Gasteiger partial charge in [-0.2, -0.15) is 0 Å². The van der Waals surface area contributed by atoms with E-state index in [9.17, 15) is 14.4 Å². The number of unbranched alkanes of at least 4 members (excludes halogenated alkanes) is 6. The Morgan fingerprint density at radius 1 is 0.825 bits per heavy atom. The first-order valence-corrected chi connectivity index (χ1v) is 15.0. The van der Waals surface area contributed by atoms with Crippen molar-refractivity contribution in [2.45, 2.75) is 118 Å². The molecule has 1 aliphatic heterocycles. The molecule has 0 saturated heterocycles. The van der Waals surface area contributed by atoms with Gasteiger partial charge in [-0.15, -0.1) is 0 Å². The van der Waals surface area contributed by atoms with E-state index < -0.39 is 5.92 Å². The highest BCUT2D eigenvalue weighted by Gasteiger charge is 2.48. The molecule has 0 amide bonds. The van der Waals surface area contributed by atoms with Gasteiger partial charge >= 0.3 is 5.97 Å². The Labute approximate surface area is 239 Å². The fraction of sp³-hybridized carbons (Fsp3) is 0.618. The molecule has 1 heterocycles. The molecule has 3 aliphatic rings. The van der Waals surface area contributed by atoms with Gasteiger partial charge in [-0.05, 0) is 34.9 Å². The standard InChI is InChI=1S/C34H46O6/c1-7-8-9-10-11-12-13-14-29(37)40-25-16-15-22(17-26(25)38-6)30-31-23(35)18-33(2,3)20-27(31)39-28-21-34(4,5)19-24(36)32(28)30/h15-17,30H,7-14,18-21H2,1-6H3. The number of ether oxygens (including phenoxy) is 3. The molecular weight excluding hydrogens is 504 g/mol. The number of hydrogen-bond acceptors (Lipinski definition) is 6. The largest absolute Gasteiger partial charge is 0.493 e. The van der Waals surface area contributed by atoms with Gasteiger partial charge in [-0.25, -0.2) is 0 Å². The molecule has 40 heavy (non-hydrogen) atoms. The number of esters is 1. The maximum absolute atomic E-state index is 13.5. The lowest BCUT2D eigenvalue weighted by Gasteiger charge is -2.42. The SMILES string of the molecule is CCCCCCCCCC(=O)Oc1ccc(C2C3=C(CC(C)(C)CC3=O)OC3=C2C(=O)CC(C)(C)C3)cc1OC. The van der Waals surface area contributed by atoms with Gasteiger partial charge in [0.05, 0.1) is 7.11 Å². The molecule has 0 fully saturated rings. The van der Waals surface area contributed by atoms with Gasteiger partial charge in [-0.3, -0.25) is 14.4 Å². The average molecular weight is 551 g/mol. The predicted molar refractivity (Wildman–Crippen MR) is 155 cm³/mol. The van der Waals surface area contributed by atoms with Crippen molar-refractivity contribution in [1.82, 2.24) is 0 Å². The molecule has 4 rings (SSSR count). The third-order valence-corrected chi connectivity index (χ3v) is 8.31. The van der Waals surface area contributed by atoms with Gasteiger partial charge in [0.2, 0.25) is 0 Å². The van der Waals surface area contributed by atoms with E-state index in [-0.39, 0.29) is 28.4 Å². The summed E-state index contributed by atoms with van der Waals surface area (Å²) in [5, 5.41) is 0. The van der Waals surface area contributed by atoms with Crippen LogP contribution in [0.5, 0.6) is 11.5 Å². The summed E-state index contributed by atoms with van der Waals surface area (Å²) >= 11 is 0. The fourth-order valence-corrected chi connectivity index (χ4v) is 6.36. The normalized spacial score (nSPS) is 20.1. The van der Waals surface area contributed by atoms with Crippen LogP contribution in [-0.4, -0.2) is 24.6 Å². The average Bonchev–Trinajstić information content (AvgIpc) is 2.85. The monoisotopic (exact) mass is 550 g/mol. The van der Waals surface area contributed by atoms with E-state index in [1.165, 1.54) is 32.8 Å². The number of carbonyl (C=O) groups is 3. The molecule has 0 saturated carbocycles. The minimum absolute atomic E-state index is 0.0181. The summed E-state index contributed by atoms with van der Waals surface area (Å²) in [5.74, 6) is 1.36. The van der Waals surface area contributed by atoms with Crippen molar-refractivity contribution in [3.8, 4) is 11.5 Å². The van der Waals surface area contributed by atoms with Gasteiger partial charge in [0.15, 0.2) is 23.1 Å². The van der Waals surface area contributed by atoms with Crippen molar-refractivity contribution < 1.29 is 28.6 Å². The Hall–Kier alpha value is -2.89. The van der Waals surface area contributed by atoms with Crippen LogP contribution in [0.2, 0.25) is 0 Å². The Bertz CT molecular complexity index is 1160. The molecule has 0 atom stereocenters. The van der Waals surface area contributed by atoms with Gasteiger partial charge in [-0.1, -0.05) is 79.2 Å². The molecule has 0 bridgehead atoms. The van der Waals surface area contributed by atoms with Crippen LogP contribution >= 0.6 is 0 Å². The zero-order valence-electron chi connectivity index (χ0n) is 25.2. The molecule has 0 radical (unpaired) electrons. The molecule has 1 aromatic rings. The van der Waals surface area contributed by atoms with Crippen LogP contribution in [0.3, 0.4) is 0 Å². The second kappa shape index (κ2) is 12.3. The molecule has 0 N–H and O–H groups in total. The van der Waals surface area contributed by atoms with Gasteiger partial charge in [0.25, 0.3) is 0 Å². The number of methoxy groups -OCH3 is 1. The van der Waals surface area contributed by atoms with Crippen LogP contribution in [0.25, 0.3) is 0 Å². The smallest absolute Gasteiger partial charge is 0.311 e. The summed E-state index contributed by atoms with van der Waals surface area (Å²) in [5.41, 5.74) is 1.51. The summed E-state index contributed by atoms with van der Waals surface area (Å²) in [6.07, 6.45) is 10.4. The third kappa shape index (κ3) is 6.87. The minimum atomic E-state index is -0.516. The molecular formula is C34H46O6. The zero-order valence-corrected chi connectivity index (χ0v) is 25.2. The minimum Gasteiger partial charge on any atom is -0.493 e. The number of rotatable bonds is 11. The van der Waals surface area contributed by atoms with E-state index in [0.29, 0.717) is 66.3 Å². The summed E-state index contributed by atoms with van der Waals surface area (Å²) in [6.45, 7) is 10.5. The Morgan fingerprint density at radius 2 is 1.38 bits per heavy atom. The predicted octanol–water partition coefficient (Wildman–Crippen LogP) is 8.14.